The largest absolute Gasteiger partial charge is 0.363 e. The van der Waals surface area contributed by atoms with Crippen LogP contribution in [-0.4, -0.2) is 36.0 Å². The molecule has 0 spiro atoms. The first-order valence-corrected chi connectivity index (χ1v) is 8.35. The number of nitro groups is 1. The monoisotopic (exact) mass is 356 g/mol. The normalized spacial score (nSPS) is 15.0. The molecule has 0 amide bonds. The van der Waals surface area contributed by atoms with E-state index in [4.69, 9.17) is 16.9 Å². The minimum atomic E-state index is -0.385. The van der Waals surface area contributed by atoms with Crippen molar-refractivity contribution in [2.45, 2.75) is 6.54 Å². The van der Waals surface area contributed by atoms with Crippen molar-refractivity contribution in [1.82, 2.24) is 4.90 Å². The Bertz CT molecular complexity index is 809. The summed E-state index contributed by atoms with van der Waals surface area (Å²) in [6.07, 6.45) is 0. The maximum atomic E-state index is 11.3. The van der Waals surface area contributed by atoms with Gasteiger partial charge in [-0.1, -0.05) is 23.7 Å². The number of hydrogen-bond donors (Lipinski definition) is 0. The van der Waals surface area contributed by atoms with Gasteiger partial charge in [0.1, 0.15) is 5.69 Å². The summed E-state index contributed by atoms with van der Waals surface area (Å²) in [5.41, 5.74) is 2.48. The van der Waals surface area contributed by atoms with Crippen molar-refractivity contribution in [2.75, 3.05) is 31.1 Å². The average molecular weight is 357 g/mol. The maximum Gasteiger partial charge on any atom is 0.294 e. The Morgan fingerprint density at radius 3 is 2.40 bits per heavy atom. The first kappa shape index (κ1) is 17.2. The highest BCUT2D eigenvalue weighted by atomic mass is 35.5. The van der Waals surface area contributed by atoms with Gasteiger partial charge in [0.2, 0.25) is 0 Å². The van der Waals surface area contributed by atoms with Crippen LogP contribution in [0.4, 0.5) is 11.4 Å². The Kier molecular flexibility index (Phi) is 5.17. The Balaban J connectivity index is 1.64. The summed E-state index contributed by atoms with van der Waals surface area (Å²) in [4.78, 5) is 15.2. The lowest BCUT2D eigenvalue weighted by Gasteiger charge is -2.35. The Hall–Kier alpha value is -2.62. The van der Waals surface area contributed by atoms with E-state index in [9.17, 15) is 10.1 Å². The number of anilines is 1. The molecule has 0 aromatic heterocycles. The zero-order valence-electron chi connectivity index (χ0n) is 13.6. The second kappa shape index (κ2) is 7.51. The molecule has 1 aliphatic heterocycles. The van der Waals surface area contributed by atoms with Crippen LogP contribution in [0, 0.1) is 21.4 Å². The number of halogens is 1. The summed E-state index contributed by atoms with van der Waals surface area (Å²) < 4.78 is 0. The van der Waals surface area contributed by atoms with Crippen LogP contribution >= 0.6 is 11.6 Å². The molecule has 0 saturated carbocycles. The third kappa shape index (κ3) is 4.08. The van der Waals surface area contributed by atoms with E-state index in [-0.39, 0.29) is 10.6 Å². The first-order valence-electron chi connectivity index (χ1n) is 7.97. The van der Waals surface area contributed by atoms with Gasteiger partial charge in [0.15, 0.2) is 0 Å². The van der Waals surface area contributed by atoms with Crippen LogP contribution in [0.15, 0.2) is 42.5 Å². The number of rotatable bonds is 4. The fraction of sp³-hybridized carbons (Fsp3) is 0.278. The lowest BCUT2D eigenvalue weighted by Crippen LogP contribution is -2.46. The molecule has 0 aliphatic carbocycles. The van der Waals surface area contributed by atoms with Crippen LogP contribution in [0.2, 0.25) is 5.02 Å². The molecule has 1 saturated heterocycles. The highest BCUT2D eigenvalue weighted by molar-refractivity contribution is 6.30. The minimum absolute atomic E-state index is 0.0491. The van der Waals surface area contributed by atoms with Crippen molar-refractivity contribution in [1.29, 1.82) is 5.26 Å². The van der Waals surface area contributed by atoms with Crippen LogP contribution in [0.1, 0.15) is 11.1 Å². The second-order valence-electron chi connectivity index (χ2n) is 5.96. The van der Waals surface area contributed by atoms with Gasteiger partial charge in [0.25, 0.3) is 5.69 Å². The average Bonchev–Trinajstić information content (AvgIpc) is 2.63. The van der Waals surface area contributed by atoms with Gasteiger partial charge in [-0.05, 0) is 29.8 Å². The van der Waals surface area contributed by atoms with Crippen LogP contribution in [0.5, 0.6) is 0 Å². The standard InChI is InChI=1S/C18H17ClN4O2/c19-16-5-6-17(18(11-16)23(24)25)22-9-7-21(8-10-22)13-15-3-1-14(12-20)2-4-15/h1-6,11H,7-10,13H2. The molecule has 0 N–H and O–H groups in total. The van der Waals surface area contributed by atoms with Crippen molar-refractivity contribution in [3.63, 3.8) is 0 Å². The molecule has 25 heavy (non-hydrogen) atoms. The third-order valence-corrected chi connectivity index (χ3v) is 4.57. The highest BCUT2D eigenvalue weighted by Crippen LogP contribution is 2.31. The molecule has 2 aromatic rings. The number of nitro benzene ring substituents is 1. The van der Waals surface area contributed by atoms with Gasteiger partial charge in [-0.3, -0.25) is 15.0 Å². The van der Waals surface area contributed by atoms with Gasteiger partial charge < -0.3 is 4.90 Å². The molecule has 0 bridgehead atoms. The van der Waals surface area contributed by atoms with Gasteiger partial charge in [0.05, 0.1) is 16.6 Å². The van der Waals surface area contributed by atoms with E-state index < -0.39 is 0 Å². The van der Waals surface area contributed by atoms with Crippen LogP contribution in [-0.2, 0) is 6.54 Å². The molecule has 3 rings (SSSR count). The molecule has 1 aliphatic rings. The van der Waals surface area contributed by atoms with E-state index in [2.05, 4.69) is 11.0 Å². The van der Waals surface area contributed by atoms with Crippen LogP contribution in [0.25, 0.3) is 0 Å². The molecule has 2 aromatic carbocycles. The molecule has 0 atom stereocenters. The Morgan fingerprint density at radius 2 is 1.80 bits per heavy atom. The van der Waals surface area contributed by atoms with Gasteiger partial charge in [-0.2, -0.15) is 5.26 Å². The summed E-state index contributed by atoms with van der Waals surface area (Å²) in [5.74, 6) is 0. The van der Waals surface area contributed by atoms with Crippen molar-refractivity contribution in [3.05, 3.63) is 68.7 Å². The molecule has 6 nitrogen and oxygen atoms in total. The van der Waals surface area contributed by atoms with Crippen LogP contribution in [0.3, 0.4) is 0 Å². The van der Waals surface area contributed by atoms with E-state index in [0.29, 0.717) is 16.3 Å². The van der Waals surface area contributed by atoms with E-state index in [1.165, 1.54) is 6.07 Å². The van der Waals surface area contributed by atoms with E-state index in [1.807, 2.05) is 29.2 Å². The number of nitrogens with zero attached hydrogens (tertiary/aromatic N) is 4. The Labute approximate surface area is 151 Å². The lowest BCUT2D eigenvalue weighted by atomic mass is 10.1. The fourth-order valence-electron chi connectivity index (χ4n) is 3.00. The molecule has 0 unspecified atom stereocenters. The third-order valence-electron chi connectivity index (χ3n) is 4.34. The van der Waals surface area contributed by atoms with Gasteiger partial charge in [-0.15, -0.1) is 0 Å². The maximum absolute atomic E-state index is 11.3. The summed E-state index contributed by atoms with van der Waals surface area (Å²) in [5, 5.41) is 20.5. The summed E-state index contributed by atoms with van der Waals surface area (Å²) >= 11 is 5.88. The predicted octanol–water partition coefficient (Wildman–Crippen LogP) is 3.44. The number of hydrogen-bond acceptors (Lipinski definition) is 5. The smallest absolute Gasteiger partial charge is 0.294 e. The SMILES string of the molecule is N#Cc1ccc(CN2CCN(c3ccc(Cl)cc3[N+](=O)[O-])CC2)cc1. The topological polar surface area (TPSA) is 73.4 Å². The second-order valence-corrected chi connectivity index (χ2v) is 6.40. The van der Waals surface area contributed by atoms with Crippen LogP contribution < -0.4 is 4.90 Å². The van der Waals surface area contributed by atoms with Gasteiger partial charge in [-0.25, -0.2) is 0 Å². The van der Waals surface area contributed by atoms with E-state index >= 15 is 0 Å². The zero-order chi connectivity index (χ0) is 17.8. The lowest BCUT2D eigenvalue weighted by molar-refractivity contribution is -0.384. The number of piperazine rings is 1. The quantitative estimate of drug-likeness (QED) is 0.619. The predicted molar refractivity (Wildman–Crippen MR) is 96.8 cm³/mol. The van der Waals surface area contributed by atoms with E-state index in [0.717, 1.165) is 38.3 Å². The molecular formula is C18H17ClN4O2. The Morgan fingerprint density at radius 1 is 1.12 bits per heavy atom. The van der Waals surface area contributed by atoms with Gasteiger partial charge >= 0.3 is 0 Å². The van der Waals surface area contributed by atoms with Crippen molar-refractivity contribution in [3.8, 4) is 6.07 Å². The van der Waals surface area contributed by atoms with E-state index in [1.54, 1.807) is 12.1 Å². The molecular weight excluding hydrogens is 340 g/mol. The summed E-state index contributed by atoms with van der Waals surface area (Å²) in [6.45, 7) is 3.89. The molecule has 0 radical (unpaired) electrons. The summed E-state index contributed by atoms with van der Waals surface area (Å²) in [7, 11) is 0. The van der Waals surface area contributed by atoms with Crippen molar-refractivity contribution >= 4 is 23.0 Å². The fourth-order valence-corrected chi connectivity index (χ4v) is 3.17. The first-order chi connectivity index (χ1) is 12.1. The number of benzene rings is 2. The minimum Gasteiger partial charge on any atom is -0.363 e. The van der Waals surface area contributed by atoms with Crippen molar-refractivity contribution < 1.29 is 4.92 Å². The highest BCUT2D eigenvalue weighted by Gasteiger charge is 2.24. The van der Waals surface area contributed by atoms with Crippen molar-refractivity contribution in [2.24, 2.45) is 0 Å². The zero-order valence-corrected chi connectivity index (χ0v) is 14.3. The molecule has 128 valence electrons. The molecule has 1 fully saturated rings. The summed E-state index contributed by atoms with van der Waals surface area (Å²) in [6, 6.07) is 14.5. The van der Waals surface area contributed by atoms with Gasteiger partial charge in [0, 0.05) is 43.8 Å². The molecule has 1 heterocycles. The number of nitriles is 1. The molecule has 7 heteroatoms.